The van der Waals surface area contributed by atoms with Gasteiger partial charge in [-0.25, -0.2) is 0 Å². The Morgan fingerprint density at radius 2 is 2.00 bits per heavy atom. The molecular formula is C13H21N3O3. The van der Waals surface area contributed by atoms with Crippen molar-refractivity contribution in [3.05, 3.63) is 11.4 Å². The van der Waals surface area contributed by atoms with Crippen LogP contribution in [0.4, 0.5) is 5.69 Å². The van der Waals surface area contributed by atoms with E-state index in [1.54, 1.807) is 0 Å². The van der Waals surface area contributed by atoms with E-state index in [2.05, 4.69) is 17.3 Å². The molecule has 0 bridgehead atoms. The number of carbonyl (C=O) groups excluding carboxylic acids is 1. The molecule has 0 atom stereocenters. The maximum absolute atomic E-state index is 11.7. The molecule has 0 aromatic carbocycles. The minimum atomic E-state index is -0.879. The minimum absolute atomic E-state index is 0.0144. The maximum atomic E-state index is 11.7. The third kappa shape index (κ3) is 4.39. The van der Waals surface area contributed by atoms with Gasteiger partial charge in [0.1, 0.15) is 0 Å². The molecule has 0 spiro atoms. The molecule has 2 N–H and O–H groups in total. The van der Waals surface area contributed by atoms with Crippen LogP contribution in [0.3, 0.4) is 0 Å². The molecular weight excluding hydrogens is 246 g/mol. The Morgan fingerprint density at radius 3 is 2.58 bits per heavy atom. The quantitative estimate of drug-likeness (QED) is 0.792. The summed E-state index contributed by atoms with van der Waals surface area (Å²) in [4.78, 5) is 22.1. The molecule has 0 radical (unpaired) electrons. The summed E-state index contributed by atoms with van der Waals surface area (Å²) in [7, 11) is 0. The zero-order chi connectivity index (χ0) is 14.4. The molecule has 1 aromatic heterocycles. The second-order valence-electron chi connectivity index (χ2n) is 4.56. The number of anilines is 1. The van der Waals surface area contributed by atoms with Gasteiger partial charge in [0.25, 0.3) is 0 Å². The van der Waals surface area contributed by atoms with Crippen LogP contribution < -0.4 is 5.32 Å². The third-order valence-electron chi connectivity index (χ3n) is 2.88. The molecule has 1 rings (SSSR count). The fourth-order valence-electron chi connectivity index (χ4n) is 1.91. The Balaban J connectivity index is 2.61. The van der Waals surface area contributed by atoms with E-state index in [9.17, 15) is 9.59 Å². The minimum Gasteiger partial charge on any atom is -0.481 e. The van der Waals surface area contributed by atoms with E-state index in [-0.39, 0.29) is 18.7 Å². The molecule has 6 heteroatoms. The van der Waals surface area contributed by atoms with Crippen molar-refractivity contribution in [2.75, 3.05) is 5.32 Å². The van der Waals surface area contributed by atoms with Crippen molar-refractivity contribution in [1.29, 1.82) is 0 Å². The van der Waals surface area contributed by atoms with Gasteiger partial charge in [-0.15, -0.1) is 0 Å². The van der Waals surface area contributed by atoms with E-state index < -0.39 is 5.97 Å². The Morgan fingerprint density at radius 1 is 1.32 bits per heavy atom. The lowest BCUT2D eigenvalue weighted by atomic mass is 10.2. The van der Waals surface area contributed by atoms with Gasteiger partial charge in [-0.3, -0.25) is 14.3 Å². The molecule has 1 aromatic rings. The van der Waals surface area contributed by atoms with Crippen LogP contribution in [0.1, 0.15) is 44.0 Å². The number of nitrogens with one attached hydrogen (secondary N) is 1. The second-order valence-corrected chi connectivity index (χ2v) is 4.56. The van der Waals surface area contributed by atoms with Gasteiger partial charge in [0.15, 0.2) is 0 Å². The molecule has 1 amide bonds. The largest absolute Gasteiger partial charge is 0.481 e. The first-order chi connectivity index (χ1) is 8.95. The van der Waals surface area contributed by atoms with Gasteiger partial charge in [0.05, 0.1) is 17.1 Å². The van der Waals surface area contributed by atoms with E-state index >= 15 is 0 Å². The van der Waals surface area contributed by atoms with Gasteiger partial charge in [0, 0.05) is 19.4 Å². The van der Waals surface area contributed by atoms with Crippen molar-refractivity contribution in [3.63, 3.8) is 0 Å². The first kappa shape index (κ1) is 15.2. The summed E-state index contributed by atoms with van der Waals surface area (Å²) in [5.41, 5.74) is 2.47. The number of aliphatic carboxylic acids is 1. The Labute approximate surface area is 112 Å². The summed E-state index contributed by atoms with van der Waals surface area (Å²) in [5, 5.41) is 15.7. The van der Waals surface area contributed by atoms with E-state index in [0.29, 0.717) is 6.42 Å². The highest BCUT2D eigenvalue weighted by Gasteiger charge is 2.13. The van der Waals surface area contributed by atoms with Crippen LogP contribution in [0.2, 0.25) is 0 Å². The smallest absolute Gasteiger partial charge is 0.303 e. The number of rotatable bonds is 7. The van der Waals surface area contributed by atoms with Crippen LogP contribution in [0, 0.1) is 13.8 Å². The molecule has 0 unspecified atom stereocenters. The zero-order valence-corrected chi connectivity index (χ0v) is 11.7. The molecule has 1 heterocycles. The molecule has 6 nitrogen and oxygen atoms in total. The number of hydrogen-bond donors (Lipinski definition) is 2. The first-order valence-electron chi connectivity index (χ1n) is 6.51. The van der Waals surface area contributed by atoms with Crippen molar-refractivity contribution in [3.8, 4) is 0 Å². The number of amides is 1. The maximum Gasteiger partial charge on any atom is 0.303 e. The second kappa shape index (κ2) is 6.92. The SMILES string of the molecule is CCCn1nc(C)c(NC(=O)CCCC(=O)O)c1C. The highest BCUT2D eigenvalue weighted by atomic mass is 16.4. The molecule has 0 aliphatic heterocycles. The van der Waals surface area contributed by atoms with E-state index in [4.69, 9.17) is 5.11 Å². The fraction of sp³-hybridized carbons (Fsp3) is 0.615. The fourth-order valence-corrected chi connectivity index (χ4v) is 1.91. The Hall–Kier alpha value is -1.85. The van der Waals surface area contributed by atoms with Crippen LogP contribution in [0.15, 0.2) is 0 Å². The number of nitrogens with zero attached hydrogens (tertiary/aromatic N) is 2. The lowest BCUT2D eigenvalue weighted by molar-refractivity contribution is -0.137. The summed E-state index contributed by atoms with van der Waals surface area (Å²) in [6.45, 7) is 6.66. The predicted octanol–water partition coefficient (Wildman–Crippen LogP) is 2.10. The van der Waals surface area contributed by atoms with Gasteiger partial charge in [-0.1, -0.05) is 6.92 Å². The molecule has 0 fully saturated rings. The predicted molar refractivity (Wildman–Crippen MR) is 72.1 cm³/mol. The average Bonchev–Trinajstić information content (AvgIpc) is 2.57. The molecule has 0 aliphatic rings. The number of carboxylic acid groups (broad SMARTS) is 1. The summed E-state index contributed by atoms with van der Waals surface area (Å²) in [6, 6.07) is 0. The van der Waals surface area contributed by atoms with Crippen molar-refractivity contribution in [2.45, 2.75) is 53.0 Å². The van der Waals surface area contributed by atoms with E-state index in [1.807, 2.05) is 18.5 Å². The summed E-state index contributed by atoms with van der Waals surface area (Å²) < 4.78 is 1.88. The highest BCUT2D eigenvalue weighted by molar-refractivity contribution is 5.92. The number of hydrogen-bond acceptors (Lipinski definition) is 3. The molecule has 0 saturated carbocycles. The summed E-state index contributed by atoms with van der Waals surface area (Å²) >= 11 is 0. The van der Waals surface area contributed by atoms with Crippen LogP contribution in [-0.2, 0) is 16.1 Å². The normalized spacial score (nSPS) is 10.5. The first-order valence-corrected chi connectivity index (χ1v) is 6.51. The number of carboxylic acids is 1. The number of aryl methyl sites for hydroxylation is 2. The molecule has 19 heavy (non-hydrogen) atoms. The van der Waals surface area contributed by atoms with Gasteiger partial charge >= 0.3 is 5.97 Å². The highest BCUT2D eigenvalue weighted by Crippen LogP contribution is 2.20. The Bertz CT molecular complexity index is 466. The topological polar surface area (TPSA) is 84.2 Å². The van der Waals surface area contributed by atoms with Crippen LogP contribution >= 0.6 is 0 Å². The third-order valence-corrected chi connectivity index (χ3v) is 2.88. The number of carbonyl (C=O) groups is 2. The van der Waals surface area contributed by atoms with Gasteiger partial charge in [-0.05, 0) is 26.7 Å². The molecule has 106 valence electrons. The van der Waals surface area contributed by atoms with Crippen molar-refractivity contribution in [1.82, 2.24) is 9.78 Å². The van der Waals surface area contributed by atoms with Crippen LogP contribution in [0.5, 0.6) is 0 Å². The monoisotopic (exact) mass is 267 g/mol. The average molecular weight is 267 g/mol. The number of aromatic nitrogens is 2. The lowest BCUT2D eigenvalue weighted by Gasteiger charge is -2.06. The molecule has 0 saturated heterocycles. The van der Waals surface area contributed by atoms with Crippen LogP contribution in [0.25, 0.3) is 0 Å². The van der Waals surface area contributed by atoms with Crippen molar-refractivity contribution >= 4 is 17.6 Å². The van der Waals surface area contributed by atoms with Crippen molar-refractivity contribution in [2.24, 2.45) is 0 Å². The standard InChI is InChI=1S/C13H21N3O3/c1-4-8-16-10(3)13(9(2)15-16)14-11(17)6-5-7-12(18)19/h4-8H2,1-3H3,(H,14,17)(H,18,19). The summed E-state index contributed by atoms with van der Waals surface area (Å²) in [5.74, 6) is -1.04. The van der Waals surface area contributed by atoms with Gasteiger partial charge < -0.3 is 10.4 Å². The van der Waals surface area contributed by atoms with E-state index in [1.165, 1.54) is 0 Å². The lowest BCUT2D eigenvalue weighted by Crippen LogP contribution is -2.13. The zero-order valence-electron chi connectivity index (χ0n) is 11.7. The molecule has 0 aliphatic carbocycles. The Kier molecular flexibility index (Phi) is 5.54. The van der Waals surface area contributed by atoms with Crippen LogP contribution in [-0.4, -0.2) is 26.8 Å². The van der Waals surface area contributed by atoms with Gasteiger partial charge in [-0.2, -0.15) is 5.10 Å². The van der Waals surface area contributed by atoms with Crippen molar-refractivity contribution < 1.29 is 14.7 Å². The summed E-state index contributed by atoms with van der Waals surface area (Å²) in [6.07, 6.45) is 1.56. The van der Waals surface area contributed by atoms with E-state index in [0.717, 1.165) is 30.0 Å². The van der Waals surface area contributed by atoms with Gasteiger partial charge in [0.2, 0.25) is 5.91 Å².